The van der Waals surface area contributed by atoms with Crippen molar-refractivity contribution in [3.05, 3.63) is 60.3 Å². The molecule has 0 unspecified atom stereocenters. The molecule has 0 bridgehead atoms. The minimum absolute atomic E-state index is 0.253. The molecule has 0 saturated carbocycles. The van der Waals surface area contributed by atoms with E-state index in [0.717, 1.165) is 11.4 Å². The first-order chi connectivity index (χ1) is 9.24. The van der Waals surface area contributed by atoms with Crippen molar-refractivity contribution in [2.75, 3.05) is 0 Å². The number of rotatable bonds is 2. The predicted octanol–water partition coefficient (Wildman–Crippen LogP) is 3.63. The number of para-hydroxylation sites is 1. The Labute approximate surface area is 111 Å². The summed E-state index contributed by atoms with van der Waals surface area (Å²) >= 11 is 0. The number of aryl methyl sites for hydroxylation is 1. The number of phenols is 1. The lowest BCUT2D eigenvalue weighted by atomic mass is 10.2. The standard InChI is InChI=1S/C16H14N2O/c1-18-14(10-12-4-2-3-5-16(12)18)11-17-13-6-8-15(19)9-7-13/h2-11,19H,1H3/b17-11+. The van der Waals surface area contributed by atoms with Crippen molar-refractivity contribution in [2.24, 2.45) is 12.0 Å². The van der Waals surface area contributed by atoms with Crippen molar-refractivity contribution in [3.8, 4) is 5.75 Å². The van der Waals surface area contributed by atoms with Crippen LogP contribution in [-0.4, -0.2) is 15.9 Å². The van der Waals surface area contributed by atoms with Gasteiger partial charge in [0, 0.05) is 18.0 Å². The van der Waals surface area contributed by atoms with E-state index in [9.17, 15) is 5.11 Å². The van der Waals surface area contributed by atoms with Gasteiger partial charge in [-0.15, -0.1) is 0 Å². The maximum atomic E-state index is 9.23. The molecule has 1 heterocycles. The molecular weight excluding hydrogens is 236 g/mol. The molecule has 1 aromatic heterocycles. The highest BCUT2D eigenvalue weighted by atomic mass is 16.3. The summed E-state index contributed by atoms with van der Waals surface area (Å²) in [4.78, 5) is 4.42. The van der Waals surface area contributed by atoms with E-state index in [0.29, 0.717) is 0 Å². The van der Waals surface area contributed by atoms with Gasteiger partial charge in [-0.05, 0) is 36.4 Å². The van der Waals surface area contributed by atoms with E-state index in [1.807, 2.05) is 25.4 Å². The Hall–Kier alpha value is -2.55. The van der Waals surface area contributed by atoms with Crippen LogP contribution in [-0.2, 0) is 7.05 Å². The topological polar surface area (TPSA) is 37.5 Å². The first kappa shape index (κ1) is 11.5. The van der Waals surface area contributed by atoms with Crippen molar-refractivity contribution in [1.29, 1.82) is 0 Å². The number of aromatic nitrogens is 1. The van der Waals surface area contributed by atoms with Gasteiger partial charge in [0.1, 0.15) is 5.75 Å². The van der Waals surface area contributed by atoms with Crippen LogP contribution in [0.5, 0.6) is 5.75 Å². The fourth-order valence-corrected chi connectivity index (χ4v) is 2.11. The minimum Gasteiger partial charge on any atom is -0.508 e. The molecule has 0 aliphatic rings. The Bertz CT molecular complexity index is 739. The summed E-state index contributed by atoms with van der Waals surface area (Å²) in [5, 5.41) is 10.4. The Morgan fingerprint density at radius 2 is 1.79 bits per heavy atom. The van der Waals surface area contributed by atoms with Crippen molar-refractivity contribution in [2.45, 2.75) is 0 Å². The van der Waals surface area contributed by atoms with Crippen molar-refractivity contribution in [1.82, 2.24) is 4.57 Å². The molecule has 2 aromatic carbocycles. The number of aliphatic imine (C=N–C) groups is 1. The summed E-state index contributed by atoms with van der Waals surface area (Å²) < 4.78 is 2.11. The van der Waals surface area contributed by atoms with Gasteiger partial charge in [-0.3, -0.25) is 4.99 Å². The molecule has 3 rings (SSSR count). The Morgan fingerprint density at radius 1 is 1.05 bits per heavy atom. The molecule has 3 nitrogen and oxygen atoms in total. The zero-order chi connectivity index (χ0) is 13.2. The molecule has 0 atom stereocenters. The summed E-state index contributed by atoms with van der Waals surface area (Å²) in [6, 6.07) is 17.2. The molecule has 0 radical (unpaired) electrons. The van der Waals surface area contributed by atoms with Crippen LogP contribution in [0.1, 0.15) is 5.69 Å². The van der Waals surface area contributed by atoms with E-state index in [4.69, 9.17) is 0 Å². The van der Waals surface area contributed by atoms with E-state index in [1.165, 1.54) is 10.9 Å². The summed E-state index contributed by atoms with van der Waals surface area (Å²) in [5.41, 5.74) is 3.06. The fourth-order valence-electron chi connectivity index (χ4n) is 2.11. The normalized spacial score (nSPS) is 11.4. The average Bonchev–Trinajstić information content (AvgIpc) is 2.76. The van der Waals surface area contributed by atoms with Gasteiger partial charge in [0.25, 0.3) is 0 Å². The molecule has 0 saturated heterocycles. The first-order valence-corrected chi connectivity index (χ1v) is 6.11. The van der Waals surface area contributed by atoms with Gasteiger partial charge in [-0.2, -0.15) is 0 Å². The zero-order valence-electron chi connectivity index (χ0n) is 10.6. The Balaban J connectivity index is 1.97. The summed E-state index contributed by atoms with van der Waals surface area (Å²) in [6.07, 6.45) is 1.84. The SMILES string of the molecule is Cn1c(/C=N/c2ccc(O)cc2)cc2ccccc21. The number of aromatic hydroxyl groups is 1. The zero-order valence-corrected chi connectivity index (χ0v) is 10.6. The third kappa shape index (κ3) is 2.22. The maximum absolute atomic E-state index is 9.23. The molecule has 0 amide bonds. The van der Waals surface area contributed by atoms with Crippen LogP contribution < -0.4 is 0 Å². The molecule has 3 heteroatoms. The molecule has 0 spiro atoms. The van der Waals surface area contributed by atoms with Gasteiger partial charge in [-0.25, -0.2) is 0 Å². The van der Waals surface area contributed by atoms with Crippen LogP contribution in [0.2, 0.25) is 0 Å². The third-order valence-electron chi connectivity index (χ3n) is 3.18. The quantitative estimate of drug-likeness (QED) is 0.693. The van der Waals surface area contributed by atoms with E-state index < -0.39 is 0 Å². The van der Waals surface area contributed by atoms with Gasteiger partial charge in [0.15, 0.2) is 0 Å². The molecule has 0 aliphatic carbocycles. The number of hydrogen-bond acceptors (Lipinski definition) is 2. The lowest BCUT2D eigenvalue weighted by Crippen LogP contribution is -1.93. The maximum Gasteiger partial charge on any atom is 0.115 e. The second-order valence-electron chi connectivity index (χ2n) is 4.46. The van der Waals surface area contributed by atoms with Gasteiger partial charge in [0.05, 0.1) is 17.6 Å². The molecule has 19 heavy (non-hydrogen) atoms. The summed E-state index contributed by atoms with van der Waals surface area (Å²) in [5.74, 6) is 0.253. The summed E-state index contributed by atoms with van der Waals surface area (Å²) in [7, 11) is 2.03. The number of benzene rings is 2. The number of hydrogen-bond donors (Lipinski definition) is 1. The van der Waals surface area contributed by atoms with E-state index >= 15 is 0 Å². The second-order valence-corrected chi connectivity index (χ2v) is 4.46. The fraction of sp³-hybridized carbons (Fsp3) is 0.0625. The predicted molar refractivity (Wildman–Crippen MR) is 78.3 cm³/mol. The minimum atomic E-state index is 0.253. The smallest absolute Gasteiger partial charge is 0.115 e. The van der Waals surface area contributed by atoms with Gasteiger partial charge in [0.2, 0.25) is 0 Å². The van der Waals surface area contributed by atoms with Crippen LogP contribution in [0.15, 0.2) is 59.6 Å². The molecule has 94 valence electrons. The molecule has 0 aliphatic heterocycles. The molecule has 0 fully saturated rings. The number of phenolic OH excluding ortho intramolecular Hbond substituents is 1. The lowest BCUT2D eigenvalue weighted by molar-refractivity contribution is 0.475. The van der Waals surface area contributed by atoms with Crippen molar-refractivity contribution in [3.63, 3.8) is 0 Å². The van der Waals surface area contributed by atoms with E-state index in [2.05, 4.69) is 27.8 Å². The highest BCUT2D eigenvalue weighted by Gasteiger charge is 2.02. The van der Waals surface area contributed by atoms with Crippen LogP contribution >= 0.6 is 0 Å². The highest BCUT2D eigenvalue weighted by Crippen LogP contribution is 2.19. The van der Waals surface area contributed by atoms with Gasteiger partial charge in [-0.1, -0.05) is 18.2 Å². The highest BCUT2D eigenvalue weighted by molar-refractivity contribution is 5.91. The monoisotopic (exact) mass is 250 g/mol. The van der Waals surface area contributed by atoms with Crippen LogP contribution in [0.4, 0.5) is 5.69 Å². The second kappa shape index (κ2) is 4.61. The summed E-state index contributed by atoms with van der Waals surface area (Å²) in [6.45, 7) is 0. The number of nitrogens with zero attached hydrogens (tertiary/aromatic N) is 2. The van der Waals surface area contributed by atoms with Crippen LogP contribution in [0.3, 0.4) is 0 Å². The number of fused-ring (bicyclic) bond motifs is 1. The molecule has 1 N–H and O–H groups in total. The van der Waals surface area contributed by atoms with Crippen LogP contribution in [0.25, 0.3) is 10.9 Å². The third-order valence-corrected chi connectivity index (χ3v) is 3.18. The van der Waals surface area contributed by atoms with Gasteiger partial charge < -0.3 is 9.67 Å². The molecular formula is C16H14N2O. The Morgan fingerprint density at radius 3 is 2.53 bits per heavy atom. The largest absolute Gasteiger partial charge is 0.508 e. The lowest BCUT2D eigenvalue weighted by Gasteiger charge is -1.98. The Kier molecular flexibility index (Phi) is 2.80. The van der Waals surface area contributed by atoms with E-state index in [1.54, 1.807) is 24.3 Å². The average molecular weight is 250 g/mol. The van der Waals surface area contributed by atoms with Crippen molar-refractivity contribution >= 4 is 22.8 Å². The van der Waals surface area contributed by atoms with Crippen LogP contribution in [0, 0.1) is 0 Å². The molecule has 3 aromatic rings. The van der Waals surface area contributed by atoms with Crippen molar-refractivity contribution < 1.29 is 5.11 Å². The van der Waals surface area contributed by atoms with Gasteiger partial charge >= 0.3 is 0 Å². The van der Waals surface area contributed by atoms with E-state index in [-0.39, 0.29) is 5.75 Å². The first-order valence-electron chi connectivity index (χ1n) is 6.11.